The molecule has 87 heavy (non-hydrogen) atoms. The van der Waals surface area contributed by atoms with E-state index in [1.54, 1.807) is 0 Å². The number of carbonyl (C=O) groups excluding carboxylic acids is 4. The molecule has 0 saturated heterocycles. The molecular weight excluding hydrogens is 1150 g/mol. The van der Waals surface area contributed by atoms with E-state index in [1.807, 2.05) is 0 Å². The van der Waals surface area contributed by atoms with E-state index in [9.17, 15) is 43.2 Å². The van der Waals surface area contributed by atoms with Crippen molar-refractivity contribution in [1.29, 1.82) is 0 Å². The second-order valence-electron chi connectivity index (χ2n) is 25.8. The van der Waals surface area contributed by atoms with Gasteiger partial charge in [-0.3, -0.25) is 37.3 Å². The van der Waals surface area contributed by atoms with Crippen LogP contribution < -0.4 is 0 Å². The summed E-state index contributed by atoms with van der Waals surface area (Å²) in [6, 6.07) is 0. The van der Waals surface area contributed by atoms with Crippen LogP contribution in [0.5, 0.6) is 0 Å². The van der Waals surface area contributed by atoms with Crippen LogP contribution in [0.1, 0.15) is 331 Å². The smallest absolute Gasteiger partial charge is 0.462 e. The fourth-order valence-electron chi connectivity index (χ4n) is 10.0. The van der Waals surface area contributed by atoms with Crippen molar-refractivity contribution in [3.05, 3.63) is 0 Å². The second-order valence-corrected chi connectivity index (χ2v) is 28.7. The molecule has 0 spiro atoms. The maximum atomic E-state index is 13.0. The molecule has 3 N–H and O–H groups in total. The highest BCUT2D eigenvalue weighted by Crippen LogP contribution is 2.45. The van der Waals surface area contributed by atoms with Crippen LogP contribution in [-0.4, -0.2) is 96.7 Å². The quantitative estimate of drug-likeness (QED) is 0.0222. The number of phosphoric acid groups is 2. The molecule has 0 aliphatic carbocycles. The maximum absolute atomic E-state index is 13.0. The first-order valence-electron chi connectivity index (χ1n) is 35.3. The molecular formula is C68H132O17P2. The number of rotatable bonds is 65. The Bertz CT molecular complexity index is 1740. The number of aliphatic hydroxyl groups excluding tert-OH is 1. The molecule has 0 aromatic rings. The van der Waals surface area contributed by atoms with Gasteiger partial charge in [0.2, 0.25) is 0 Å². The molecule has 0 fully saturated rings. The fraction of sp³-hybridized carbons (Fsp3) is 0.941. The van der Waals surface area contributed by atoms with Crippen molar-refractivity contribution >= 4 is 39.5 Å². The second kappa shape index (κ2) is 57.9. The Morgan fingerprint density at radius 1 is 0.322 bits per heavy atom. The lowest BCUT2D eigenvalue weighted by Crippen LogP contribution is -2.30. The standard InChI is InChI=1S/C68H132O17P2/c1-9-59(6)45-37-29-21-16-18-23-32-40-48-65(70)78-54-63(84-67(72)50-42-34-24-15-13-12-14-20-28-36-44-58(4)5)56-82-86(74,75)80-52-62(69)53-81-87(76,77)83-57-64(55-79-66(71)49-41-33-27-26-31-39-47-61(8)11-3)85-68(73)51-43-35-25-19-17-22-30-38-46-60(7)10-2/h58-64,69H,9-57H2,1-8H3,(H,74,75)(H,76,77)/t59?,60?,61?,62-,63-,64-/m1/s1. The van der Waals surface area contributed by atoms with Gasteiger partial charge in [-0.05, 0) is 49.4 Å². The zero-order valence-corrected chi connectivity index (χ0v) is 58.4. The van der Waals surface area contributed by atoms with E-state index in [0.29, 0.717) is 25.7 Å². The molecule has 0 rings (SSSR count). The third-order valence-electron chi connectivity index (χ3n) is 16.7. The maximum Gasteiger partial charge on any atom is 0.472 e. The Hall–Kier alpha value is -1.94. The highest BCUT2D eigenvalue weighted by atomic mass is 31.2. The number of aliphatic hydroxyl groups is 1. The van der Waals surface area contributed by atoms with Crippen molar-refractivity contribution in [3.63, 3.8) is 0 Å². The van der Waals surface area contributed by atoms with Gasteiger partial charge >= 0.3 is 39.5 Å². The molecule has 0 saturated carbocycles. The van der Waals surface area contributed by atoms with Gasteiger partial charge in [0.15, 0.2) is 12.2 Å². The minimum atomic E-state index is -4.95. The highest BCUT2D eigenvalue weighted by Gasteiger charge is 2.30. The normalized spacial score (nSPS) is 15.3. The van der Waals surface area contributed by atoms with Crippen LogP contribution in [0.3, 0.4) is 0 Å². The number of unbranched alkanes of at least 4 members (excludes halogenated alkanes) is 28. The van der Waals surface area contributed by atoms with Crippen molar-refractivity contribution in [1.82, 2.24) is 0 Å². The molecule has 0 aromatic heterocycles. The number of esters is 4. The zero-order valence-electron chi connectivity index (χ0n) is 56.6. The summed E-state index contributed by atoms with van der Waals surface area (Å²) in [7, 11) is -9.90. The lowest BCUT2D eigenvalue weighted by molar-refractivity contribution is -0.161. The van der Waals surface area contributed by atoms with Crippen molar-refractivity contribution in [3.8, 4) is 0 Å². The van der Waals surface area contributed by atoms with E-state index in [0.717, 1.165) is 120 Å². The molecule has 516 valence electrons. The fourth-order valence-corrected chi connectivity index (χ4v) is 11.6. The van der Waals surface area contributed by atoms with E-state index >= 15 is 0 Å². The Balaban J connectivity index is 5.28. The molecule has 0 aliphatic rings. The summed E-state index contributed by atoms with van der Waals surface area (Å²) < 4.78 is 68.2. The molecule has 0 aliphatic heterocycles. The number of phosphoric ester groups is 2. The van der Waals surface area contributed by atoms with Crippen molar-refractivity contribution < 1.29 is 80.2 Å². The van der Waals surface area contributed by atoms with Gasteiger partial charge in [0.1, 0.15) is 19.3 Å². The third kappa shape index (κ3) is 58.9. The van der Waals surface area contributed by atoms with Crippen molar-refractivity contribution in [2.75, 3.05) is 39.6 Å². The van der Waals surface area contributed by atoms with Gasteiger partial charge in [0.25, 0.3) is 0 Å². The summed E-state index contributed by atoms with van der Waals surface area (Å²) in [5, 5.41) is 10.6. The number of hydrogen-bond donors (Lipinski definition) is 3. The Morgan fingerprint density at radius 2 is 0.552 bits per heavy atom. The van der Waals surface area contributed by atoms with Crippen LogP contribution in [0.2, 0.25) is 0 Å². The predicted octanol–water partition coefficient (Wildman–Crippen LogP) is 18.9. The predicted molar refractivity (Wildman–Crippen MR) is 349 cm³/mol. The average Bonchev–Trinajstić information content (AvgIpc) is 3.57. The van der Waals surface area contributed by atoms with Gasteiger partial charge in [-0.1, -0.05) is 280 Å². The summed E-state index contributed by atoms with van der Waals surface area (Å²) >= 11 is 0. The molecule has 0 aromatic carbocycles. The van der Waals surface area contributed by atoms with Gasteiger partial charge in [-0.2, -0.15) is 0 Å². The largest absolute Gasteiger partial charge is 0.472 e. The summed E-state index contributed by atoms with van der Waals surface area (Å²) in [6.07, 6.45) is 38.8. The van der Waals surface area contributed by atoms with Gasteiger partial charge in [-0.25, -0.2) is 9.13 Å². The Kier molecular flexibility index (Phi) is 56.6. The van der Waals surface area contributed by atoms with Crippen molar-refractivity contribution in [2.45, 2.75) is 350 Å². The van der Waals surface area contributed by atoms with E-state index < -0.39 is 97.5 Å². The van der Waals surface area contributed by atoms with Gasteiger partial charge in [0.05, 0.1) is 26.4 Å². The van der Waals surface area contributed by atoms with E-state index in [-0.39, 0.29) is 25.7 Å². The SMILES string of the molecule is CCC(C)CCCCCCCCCCC(=O)OC[C@H](COP(=O)(O)OC[C@@H](O)COP(=O)(O)OC[C@@H](COC(=O)CCCCCCCCC(C)CC)OC(=O)CCCCCCCCCCC(C)CC)OC(=O)CCCCCCCCCCCCC(C)C. The van der Waals surface area contributed by atoms with Crippen LogP contribution in [0.25, 0.3) is 0 Å². The van der Waals surface area contributed by atoms with Gasteiger partial charge in [-0.15, -0.1) is 0 Å². The first kappa shape index (κ1) is 85.1. The first-order chi connectivity index (χ1) is 41.7. The molecule has 17 nitrogen and oxygen atoms in total. The molecule has 8 atom stereocenters. The number of hydrogen-bond acceptors (Lipinski definition) is 15. The van der Waals surface area contributed by atoms with Crippen LogP contribution in [0, 0.1) is 23.7 Å². The summed E-state index contributed by atoms with van der Waals surface area (Å²) in [6.45, 7) is 14.1. The Morgan fingerprint density at radius 3 is 0.816 bits per heavy atom. The molecule has 0 bridgehead atoms. The monoisotopic (exact) mass is 1280 g/mol. The molecule has 19 heteroatoms. The summed E-state index contributed by atoms with van der Waals surface area (Å²) in [5.41, 5.74) is 0. The number of ether oxygens (including phenoxy) is 4. The average molecular weight is 1280 g/mol. The van der Waals surface area contributed by atoms with Gasteiger partial charge < -0.3 is 33.8 Å². The van der Waals surface area contributed by atoms with E-state index in [4.69, 9.17) is 37.0 Å². The van der Waals surface area contributed by atoms with E-state index in [1.165, 1.54) is 128 Å². The lowest BCUT2D eigenvalue weighted by Gasteiger charge is -2.21. The Labute approximate surface area is 530 Å². The minimum absolute atomic E-state index is 0.103. The first-order valence-corrected chi connectivity index (χ1v) is 38.3. The van der Waals surface area contributed by atoms with Crippen LogP contribution in [0.15, 0.2) is 0 Å². The zero-order chi connectivity index (χ0) is 64.7. The molecule has 0 radical (unpaired) electrons. The molecule has 5 unspecified atom stereocenters. The van der Waals surface area contributed by atoms with Crippen LogP contribution in [0.4, 0.5) is 0 Å². The summed E-state index contributed by atoms with van der Waals surface area (Å²) in [5.74, 6) is 0.895. The topological polar surface area (TPSA) is 237 Å². The van der Waals surface area contributed by atoms with E-state index in [2.05, 4.69) is 55.4 Å². The van der Waals surface area contributed by atoms with Crippen molar-refractivity contribution in [2.24, 2.45) is 23.7 Å². The van der Waals surface area contributed by atoms with Crippen LogP contribution in [-0.2, 0) is 65.4 Å². The lowest BCUT2D eigenvalue weighted by atomic mass is 9.99. The molecule has 0 amide bonds. The summed E-state index contributed by atoms with van der Waals surface area (Å²) in [4.78, 5) is 72.5. The third-order valence-corrected chi connectivity index (χ3v) is 18.6. The highest BCUT2D eigenvalue weighted by molar-refractivity contribution is 7.47. The number of carbonyl (C=O) groups is 4. The minimum Gasteiger partial charge on any atom is -0.462 e. The van der Waals surface area contributed by atoms with Crippen LogP contribution >= 0.6 is 15.6 Å². The van der Waals surface area contributed by atoms with Gasteiger partial charge in [0, 0.05) is 25.7 Å². The molecule has 0 heterocycles.